The lowest BCUT2D eigenvalue weighted by Gasteiger charge is -2.26. The van der Waals surface area contributed by atoms with Crippen LogP contribution in [-0.2, 0) is 9.47 Å². The van der Waals surface area contributed by atoms with E-state index in [-0.39, 0.29) is 0 Å². The van der Waals surface area contributed by atoms with Gasteiger partial charge in [-0.1, -0.05) is 0 Å². The van der Waals surface area contributed by atoms with Crippen LogP contribution in [0.2, 0.25) is 0 Å². The maximum atomic E-state index is 5.84. The summed E-state index contributed by atoms with van der Waals surface area (Å²) in [7, 11) is 0. The molecular weight excluding hydrogens is 256 g/mol. The Morgan fingerprint density at radius 2 is 2.15 bits per heavy atom. The largest absolute Gasteiger partial charge is 0.379 e. The van der Waals surface area contributed by atoms with Gasteiger partial charge < -0.3 is 20.5 Å². The smallest absolute Gasteiger partial charge is 0.188 e. The van der Waals surface area contributed by atoms with Crippen LogP contribution in [0.3, 0.4) is 0 Å². The highest BCUT2D eigenvalue weighted by Crippen LogP contribution is 2.14. The number of nitrogens with two attached hydrogens (primary N) is 1. The van der Waals surface area contributed by atoms with Gasteiger partial charge in [0.2, 0.25) is 0 Å². The van der Waals surface area contributed by atoms with Crippen LogP contribution in [0.5, 0.6) is 0 Å². The summed E-state index contributed by atoms with van der Waals surface area (Å²) in [5, 5.41) is 3.16. The molecule has 0 spiro atoms. The Hall–Kier alpha value is -0.850. The maximum absolute atomic E-state index is 5.84. The molecule has 1 unspecified atom stereocenters. The molecule has 2 fully saturated rings. The minimum atomic E-state index is 0.414. The van der Waals surface area contributed by atoms with E-state index in [0.717, 1.165) is 65.4 Å². The normalized spacial score (nSPS) is 25.0. The van der Waals surface area contributed by atoms with E-state index in [2.05, 4.69) is 15.2 Å². The number of nitrogens with one attached hydrogen (secondary N) is 1. The number of hydrogen-bond donors (Lipinski definition) is 2. The molecule has 6 nitrogen and oxygen atoms in total. The van der Waals surface area contributed by atoms with Gasteiger partial charge in [-0.3, -0.25) is 9.89 Å². The zero-order chi connectivity index (χ0) is 14.0. The minimum absolute atomic E-state index is 0.414. The molecule has 0 aromatic heterocycles. The van der Waals surface area contributed by atoms with Gasteiger partial charge in [-0.2, -0.15) is 0 Å². The molecule has 2 saturated heterocycles. The van der Waals surface area contributed by atoms with Crippen LogP contribution in [0.15, 0.2) is 4.99 Å². The molecule has 1 atom stereocenters. The molecule has 0 amide bonds. The van der Waals surface area contributed by atoms with Gasteiger partial charge in [0.15, 0.2) is 5.96 Å². The van der Waals surface area contributed by atoms with Crippen molar-refractivity contribution < 1.29 is 9.47 Å². The molecule has 2 rings (SSSR count). The highest BCUT2D eigenvalue weighted by atomic mass is 16.5. The van der Waals surface area contributed by atoms with Crippen molar-refractivity contribution in [2.45, 2.75) is 31.8 Å². The van der Waals surface area contributed by atoms with Crippen molar-refractivity contribution in [1.82, 2.24) is 10.2 Å². The Labute approximate surface area is 121 Å². The SMILES string of the molecule is NC(=NCCCN1CCOCC1)NCCC1CCCO1. The average molecular weight is 284 g/mol. The van der Waals surface area contributed by atoms with Crippen LogP contribution >= 0.6 is 0 Å². The summed E-state index contributed by atoms with van der Waals surface area (Å²) in [6.45, 7) is 7.43. The van der Waals surface area contributed by atoms with Crippen LogP contribution < -0.4 is 11.1 Å². The van der Waals surface area contributed by atoms with Crippen molar-refractivity contribution in [3.8, 4) is 0 Å². The van der Waals surface area contributed by atoms with Crippen molar-refractivity contribution >= 4 is 5.96 Å². The van der Waals surface area contributed by atoms with Crippen LogP contribution in [-0.4, -0.2) is 69.5 Å². The highest BCUT2D eigenvalue weighted by Gasteiger charge is 2.14. The molecule has 2 aliphatic heterocycles. The Morgan fingerprint density at radius 1 is 1.30 bits per heavy atom. The first-order chi connectivity index (χ1) is 9.84. The summed E-state index contributed by atoms with van der Waals surface area (Å²) in [5.41, 5.74) is 5.84. The van der Waals surface area contributed by atoms with E-state index in [1.165, 1.54) is 12.8 Å². The van der Waals surface area contributed by atoms with Gasteiger partial charge in [0.25, 0.3) is 0 Å². The third-order valence-corrected chi connectivity index (χ3v) is 3.81. The van der Waals surface area contributed by atoms with Gasteiger partial charge in [-0.25, -0.2) is 0 Å². The lowest BCUT2D eigenvalue weighted by Crippen LogP contribution is -2.37. The number of nitrogens with zero attached hydrogens (tertiary/aromatic N) is 2. The highest BCUT2D eigenvalue weighted by molar-refractivity contribution is 5.77. The van der Waals surface area contributed by atoms with E-state index in [0.29, 0.717) is 12.1 Å². The molecule has 0 bridgehead atoms. The van der Waals surface area contributed by atoms with E-state index in [1.807, 2.05) is 0 Å². The quantitative estimate of drug-likeness (QED) is 0.396. The molecule has 0 aromatic rings. The summed E-state index contributed by atoms with van der Waals surface area (Å²) in [5.74, 6) is 0.560. The molecule has 0 aromatic carbocycles. The molecule has 2 heterocycles. The Morgan fingerprint density at radius 3 is 2.90 bits per heavy atom. The van der Waals surface area contributed by atoms with Crippen LogP contribution in [0.1, 0.15) is 25.7 Å². The van der Waals surface area contributed by atoms with Crippen molar-refractivity contribution in [2.75, 3.05) is 52.5 Å². The third kappa shape index (κ3) is 6.07. The van der Waals surface area contributed by atoms with Crippen LogP contribution in [0.25, 0.3) is 0 Å². The molecule has 6 heteroatoms. The number of aliphatic imine (C=N–C) groups is 1. The van der Waals surface area contributed by atoms with Gasteiger partial charge in [-0.15, -0.1) is 0 Å². The fourth-order valence-electron chi connectivity index (χ4n) is 2.61. The van der Waals surface area contributed by atoms with Crippen molar-refractivity contribution in [3.63, 3.8) is 0 Å². The monoisotopic (exact) mass is 284 g/mol. The van der Waals surface area contributed by atoms with Crippen molar-refractivity contribution in [2.24, 2.45) is 10.7 Å². The maximum Gasteiger partial charge on any atom is 0.188 e. The van der Waals surface area contributed by atoms with Gasteiger partial charge in [0.1, 0.15) is 0 Å². The van der Waals surface area contributed by atoms with Crippen molar-refractivity contribution in [3.05, 3.63) is 0 Å². The summed E-state index contributed by atoms with van der Waals surface area (Å²) in [6.07, 6.45) is 4.85. The van der Waals surface area contributed by atoms with Gasteiger partial charge in [0.05, 0.1) is 19.3 Å². The second kappa shape index (κ2) is 9.15. The number of ether oxygens (including phenoxy) is 2. The first-order valence-electron chi connectivity index (χ1n) is 7.80. The second-order valence-electron chi connectivity index (χ2n) is 5.43. The minimum Gasteiger partial charge on any atom is -0.379 e. The first-order valence-corrected chi connectivity index (χ1v) is 7.80. The van der Waals surface area contributed by atoms with Gasteiger partial charge >= 0.3 is 0 Å². The summed E-state index contributed by atoms with van der Waals surface area (Å²) in [6, 6.07) is 0. The third-order valence-electron chi connectivity index (χ3n) is 3.81. The lowest BCUT2D eigenvalue weighted by molar-refractivity contribution is 0.0377. The molecule has 0 radical (unpaired) electrons. The van der Waals surface area contributed by atoms with Crippen molar-refractivity contribution in [1.29, 1.82) is 0 Å². The van der Waals surface area contributed by atoms with E-state index < -0.39 is 0 Å². The molecule has 2 aliphatic rings. The predicted octanol–water partition coefficient (Wildman–Crippen LogP) is 0.182. The number of hydrogen-bond acceptors (Lipinski definition) is 4. The number of morpholine rings is 1. The lowest BCUT2D eigenvalue weighted by atomic mass is 10.2. The molecule has 116 valence electrons. The number of rotatable bonds is 7. The van der Waals surface area contributed by atoms with E-state index >= 15 is 0 Å². The Bertz CT molecular complexity index is 287. The average Bonchev–Trinajstić information content (AvgIpc) is 2.98. The molecular formula is C14H28N4O2. The van der Waals surface area contributed by atoms with Gasteiger partial charge in [0, 0.05) is 39.3 Å². The molecule has 20 heavy (non-hydrogen) atoms. The standard InChI is InChI=1S/C14H28N4O2/c15-14(17-6-4-13-3-1-10-20-13)16-5-2-7-18-8-11-19-12-9-18/h13H,1-12H2,(H3,15,16,17). The summed E-state index contributed by atoms with van der Waals surface area (Å²) < 4.78 is 10.9. The van der Waals surface area contributed by atoms with Gasteiger partial charge in [-0.05, 0) is 25.7 Å². The van der Waals surface area contributed by atoms with Crippen LogP contribution in [0, 0.1) is 0 Å². The number of guanidine groups is 1. The summed E-state index contributed by atoms with van der Waals surface area (Å²) in [4.78, 5) is 6.77. The fourth-order valence-corrected chi connectivity index (χ4v) is 2.61. The molecule has 0 saturated carbocycles. The zero-order valence-corrected chi connectivity index (χ0v) is 12.4. The van der Waals surface area contributed by atoms with E-state index in [9.17, 15) is 0 Å². The first kappa shape index (κ1) is 15.5. The van der Waals surface area contributed by atoms with E-state index in [1.54, 1.807) is 0 Å². The second-order valence-corrected chi connectivity index (χ2v) is 5.43. The predicted molar refractivity (Wildman–Crippen MR) is 80.0 cm³/mol. The van der Waals surface area contributed by atoms with E-state index in [4.69, 9.17) is 15.2 Å². The fraction of sp³-hybridized carbons (Fsp3) is 0.929. The molecule has 3 N–H and O–H groups in total. The molecule has 0 aliphatic carbocycles. The Balaban J connectivity index is 1.47. The zero-order valence-electron chi connectivity index (χ0n) is 12.4. The topological polar surface area (TPSA) is 72.1 Å². The Kier molecular flexibility index (Phi) is 7.11. The van der Waals surface area contributed by atoms with Crippen LogP contribution in [0.4, 0.5) is 0 Å². The summed E-state index contributed by atoms with van der Waals surface area (Å²) >= 11 is 0.